The summed E-state index contributed by atoms with van der Waals surface area (Å²) in [7, 11) is 4.04. The minimum atomic E-state index is -0.514. The lowest BCUT2D eigenvalue weighted by Gasteiger charge is -2.36. The van der Waals surface area contributed by atoms with E-state index >= 15 is 0 Å². The van der Waals surface area contributed by atoms with Gasteiger partial charge in [0.2, 0.25) is 0 Å². The monoisotopic (exact) mass is 354 g/mol. The summed E-state index contributed by atoms with van der Waals surface area (Å²) in [4.78, 5) is 26.8. The van der Waals surface area contributed by atoms with E-state index in [4.69, 9.17) is 11.6 Å². The van der Waals surface area contributed by atoms with Crippen LogP contribution in [0.25, 0.3) is 0 Å². The molecular weight excluding hydrogens is 332 g/mol. The summed E-state index contributed by atoms with van der Waals surface area (Å²) in [5.74, 6) is 0. The zero-order chi connectivity index (χ0) is 17.7. The van der Waals surface area contributed by atoms with Crippen LogP contribution in [0, 0.1) is 10.1 Å². The SMILES string of the molecule is CN(C)CCC1CCCCN1C(=O)Nc1ccc([N+](=O)[O-])cc1Cl. The number of nitro benzene ring substituents is 1. The van der Waals surface area contributed by atoms with Crippen molar-refractivity contribution in [2.24, 2.45) is 0 Å². The number of benzene rings is 1. The van der Waals surface area contributed by atoms with Crippen molar-refractivity contribution < 1.29 is 9.72 Å². The highest BCUT2D eigenvalue weighted by molar-refractivity contribution is 6.33. The predicted molar refractivity (Wildman–Crippen MR) is 94.6 cm³/mol. The smallest absolute Gasteiger partial charge is 0.322 e. The van der Waals surface area contributed by atoms with E-state index in [0.29, 0.717) is 12.2 Å². The Labute approximate surface area is 146 Å². The van der Waals surface area contributed by atoms with Gasteiger partial charge >= 0.3 is 6.03 Å². The number of carbonyl (C=O) groups is 1. The number of carbonyl (C=O) groups excluding carboxylic acids is 1. The molecule has 8 heteroatoms. The van der Waals surface area contributed by atoms with E-state index in [-0.39, 0.29) is 22.8 Å². The summed E-state index contributed by atoms with van der Waals surface area (Å²) >= 11 is 6.05. The number of rotatable bonds is 5. The van der Waals surface area contributed by atoms with Crippen LogP contribution in [0.15, 0.2) is 18.2 Å². The summed E-state index contributed by atoms with van der Waals surface area (Å²) in [5.41, 5.74) is 0.295. The number of non-ortho nitro benzene ring substituents is 1. The van der Waals surface area contributed by atoms with Gasteiger partial charge in [-0.05, 0) is 52.4 Å². The van der Waals surface area contributed by atoms with Crippen LogP contribution >= 0.6 is 11.6 Å². The Morgan fingerprint density at radius 1 is 1.46 bits per heavy atom. The van der Waals surface area contributed by atoms with Crippen LogP contribution in [0.4, 0.5) is 16.2 Å². The first-order valence-electron chi connectivity index (χ1n) is 8.05. The van der Waals surface area contributed by atoms with E-state index in [1.165, 1.54) is 18.2 Å². The van der Waals surface area contributed by atoms with Gasteiger partial charge in [0.1, 0.15) is 0 Å². The molecule has 1 aliphatic rings. The molecule has 2 amide bonds. The van der Waals surface area contributed by atoms with Crippen LogP contribution in [0.2, 0.25) is 5.02 Å². The van der Waals surface area contributed by atoms with Gasteiger partial charge in [0.05, 0.1) is 15.6 Å². The maximum absolute atomic E-state index is 12.6. The lowest BCUT2D eigenvalue weighted by Crippen LogP contribution is -2.46. The Balaban J connectivity index is 2.05. The fourth-order valence-corrected chi connectivity index (χ4v) is 3.10. The highest BCUT2D eigenvalue weighted by atomic mass is 35.5. The van der Waals surface area contributed by atoms with Gasteiger partial charge in [-0.3, -0.25) is 10.1 Å². The van der Waals surface area contributed by atoms with Crippen molar-refractivity contribution in [3.8, 4) is 0 Å². The number of halogens is 1. The summed E-state index contributed by atoms with van der Waals surface area (Å²) in [6.07, 6.45) is 4.03. The van der Waals surface area contributed by atoms with Crippen molar-refractivity contribution >= 4 is 29.0 Å². The molecule has 1 atom stereocenters. The van der Waals surface area contributed by atoms with Crippen LogP contribution in [0.5, 0.6) is 0 Å². The number of anilines is 1. The van der Waals surface area contributed by atoms with Gasteiger partial charge in [-0.2, -0.15) is 0 Å². The molecule has 0 aliphatic carbocycles. The van der Waals surface area contributed by atoms with Crippen molar-refractivity contribution in [3.05, 3.63) is 33.3 Å². The van der Waals surface area contributed by atoms with E-state index in [1.807, 2.05) is 19.0 Å². The average Bonchev–Trinajstić information content (AvgIpc) is 2.54. The molecule has 1 heterocycles. The molecule has 0 spiro atoms. The number of nitrogens with zero attached hydrogens (tertiary/aromatic N) is 3. The van der Waals surface area contributed by atoms with Gasteiger partial charge in [0.25, 0.3) is 5.69 Å². The quantitative estimate of drug-likeness (QED) is 0.647. The fraction of sp³-hybridized carbons (Fsp3) is 0.562. The van der Waals surface area contributed by atoms with E-state index in [9.17, 15) is 14.9 Å². The minimum Gasteiger partial charge on any atom is -0.322 e. The number of likely N-dealkylation sites (tertiary alicyclic amines) is 1. The van der Waals surface area contributed by atoms with Crippen molar-refractivity contribution in [1.29, 1.82) is 0 Å². The lowest BCUT2D eigenvalue weighted by molar-refractivity contribution is -0.384. The highest BCUT2D eigenvalue weighted by Gasteiger charge is 2.27. The van der Waals surface area contributed by atoms with Gasteiger partial charge in [-0.15, -0.1) is 0 Å². The van der Waals surface area contributed by atoms with Crippen molar-refractivity contribution in [1.82, 2.24) is 9.80 Å². The van der Waals surface area contributed by atoms with Gasteiger partial charge in [0.15, 0.2) is 0 Å². The largest absolute Gasteiger partial charge is 0.322 e. The molecule has 0 radical (unpaired) electrons. The number of hydrogen-bond acceptors (Lipinski definition) is 4. The Kier molecular flexibility index (Phi) is 6.39. The van der Waals surface area contributed by atoms with Crippen LogP contribution < -0.4 is 5.32 Å². The van der Waals surface area contributed by atoms with E-state index < -0.39 is 4.92 Å². The molecular formula is C16H23ClN4O3. The van der Waals surface area contributed by atoms with Crippen LogP contribution in [0.3, 0.4) is 0 Å². The second-order valence-electron chi connectivity index (χ2n) is 6.29. The lowest BCUT2D eigenvalue weighted by atomic mass is 9.99. The van der Waals surface area contributed by atoms with Crippen LogP contribution in [0.1, 0.15) is 25.7 Å². The van der Waals surface area contributed by atoms with Crippen molar-refractivity contribution in [2.45, 2.75) is 31.7 Å². The second-order valence-corrected chi connectivity index (χ2v) is 6.69. The number of piperidine rings is 1. The summed E-state index contributed by atoms with van der Waals surface area (Å²) in [6.45, 7) is 1.64. The molecule has 2 rings (SSSR count). The number of nitro groups is 1. The Hall–Kier alpha value is -1.86. The molecule has 1 aromatic rings. The number of hydrogen-bond donors (Lipinski definition) is 1. The highest BCUT2D eigenvalue weighted by Crippen LogP contribution is 2.28. The molecule has 0 bridgehead atoms. The molecule has 0 saturated carbocycles. The van der Waals surface area contributed by atoms with Gasteiger partial charge in [-0.25, -0.2) is 4.79 Å². The molecule has 1 N–H and O–H groups in total. The number of urea groups is 1. The maximum atomic E-state index is 12.6. The van der Waals surface area contributed by atoms with Crippen molar-refractivity contribution in [3.63, 3.8) is 0 Å². The Morgan fingerprint density at radius 3 is 2.83 bits per heavy atom. The van der Waals surface area contributed by atoms with Crippen LogP contribution in [-0.2, 0) is 0 Å². The second kappa shape index (κ2) is 8.30. The Bertz CT molecular complexity index is 609. The van der Waals surface area contributed by atoms with E-state index in [1.54, 1.807) is 0 Å². The zero-order valence-corrected chi connectivity index (χ0v) is 14.8. The minimum absolute atomic E-state index is 0.0974. The summed E-state index contributed by atoms with van der Waals surface area (Å²) in [5, 5.41) is 13.7. The molecule has 1 saturated heterocycles. The first kappa shape index (κ1) is 18.5. The molecule has 1 fully saturated rings. The molecule has 7 nitrogen and oxygen atoms in total. The number of amides is 2. The molecule has 1 aliphatic heterocycles. The zero-order valence-electron chi connectivity index (χ0n) is 14.0. The predicted octanol–water partition coefficient (Wildman–Crippen LogP) is 3.59. The number of nitrogens with one attached hydrogen (secondary N) is 1. The van der Waals surface area contributed by atoms with Gasteiger partial charge < -0.3 is 15.1 Å². The van der Waals surface area contributed by atoms with Crippen LogP contribution in [-0.4, -0.2) is 54.0 Å². The third kappa shape index (κ3) is 4.82. The average molecular weight is 355 g/mol. The first-order chi connectivity index (χ1) is 11.4. The van der Waals surface area contributed by atoms with Gasteiger partial charge in [0, 0.05) is 24.7 Å². The van der Waals surface area contributed by atoms with E-state index in [0.717, 1.165) is 32.2 Å². The fourth-order valence-electron chi connectivity index (χ4n) is 2.88. The topological polar surface area (TPSA) is 78.7 Å². The standard InChI is InChI=1S/C16H23ClN4O3/c1-19(2)10-8-12-5-3-4-9-20(12)16(22)18-15-7-6-13(21(23)24)11-14(15)17/h6-7,11-12H,3-5,8-10H2,1-2H3,(H,18,22). The molecule has 132 valence electrons. The molecule has 0 aromatic heterocycles. The molecule has 1 aromatic carbocycles. The first-order valence-corrected chi connectivity index (χ1v) is 8.42. The third-order valence-corrected chi connectivity index (χ3v) is 4.52. The normalized spacial score (nSPS) is 17.8. The molecule has 24 heavy (non-hydrogen) atoms. The van der Waals surface area contributed by atoms with Crippen molar-refractivity contribution in [2.75, 3.05) is 32.5 Å². The third-order valence-electron chi connectivity index (χ3n) is 4.20. The van der Waals surface area contributed by atoms with Gasteiger partial charge in [-0.1, -0.05) is 11.6 Å². The molecule has 1 unspecified atom stereocenters. The summed E-state index contributed by atoms with van der Waals surface area (Å²) in [6, 6.07) is 4.06. The van der Waals surface area contributed by atoms with E-state index in [2.05, 4.69) is 10.2 Å². The summed E-state index contributed by atoms with van der Waals surface area (Å²) < 4.78 is 0. The Morgan fingerprint density at radius 2 is 2.21 bits per heavy atom. The maximum Gasteiger partial charge on any atom is 0.322 e.